The number of carbonyl (C=O) groups excluding carboxylic acids is 7. The summed E-state index contributed by atoms with van der Waals surface area (Å²) in [6, 6.07) is 22.9. The lowest BCUT2D eigenvalue weighted by Gasteiger charge is -2.67. The summed E-state index contributed by atoms with van der Waals surface area (Å²) in [7, 11) is 0. The average Bonchev–Trinajstić information content (AvgIpc) is 3.30. The van der Waals surface area contributed by atoms with Crippen molar-refractivity contribution in [2.45, 2.75) is 134 Å². The highest BCUT2D eigenvalue weighted by molar-refractivity contribution is 5.96. The minimum Gasteiger partial charge on any atom is -0.461 e. The summed E-state index contributed by atoms with van der Waals surface area (Å²) in [4.78, 5) is 98.7. The van der Waals surface area contributed by atoms with Gasteiger partial charge < -0.3 is 44.0 Å². The summed E-state index contributed by atoms with van der Waals surface area (Å²) in [5, 5.41) is 28.6. The van der Waals surface area contributed by atoms with Gasteiger partial charge in [0.2, 0.25) is 0 Å². The van der Waals surface area contributed by atoms with Crippen molar-refractivity contribution in [1.82, 2.24) is 5.32 Å². The number of nitrogens with one attached hydrogen (secondary N) is 1. The number of carbonyl (C=O) groups is 7. The Morgan fingerprint density at radius 2 is 1.43 bits per heavy atom. The Morgan fingerprint density at radius 3 is 1.99 bits per heavy atom. The van der Waals surface area contributed by atoms with Gasteiger partial charge in [-0.2, -0.15) is 0 Å². The molecule has 0 spiro atoms. The van der Waals surface area contributed by atoms with Crippen molar-refractivity contribution < 1.29 is 72.2 Å². The van der Waals surface area contributed by atoms with Crippen molar-refractivity contribution in [1.29, 1.82) is 0 Å². The Labute approximate surface area is 394 Å². The van der Waals surface area contributed by atoms with E-state index in [2.05, 4.69) is 5.32 Å². The van der Waals surface area contributed by atoms with Gasteiger partial charge in [0.15, 0.2) is 23.6 Å². The van der Waals surface area contributed by atoms with Crippen LogP contribution >= 0.6 is 0 Å². The van der Waals surface area contributed by atoms with E-state index in [1.54, 1.807) is 92.7 Å². The number of ether oxygens (including phenoxy) is 6. The summed E-state index contributed by atoms with van der Waals surface area (Å²) < 4.78 is 37.1. The predicted octanol–water partition coefficient (Wildman–Crippen LogP) is 5.48. The molecule has 16 heteroatoms. The lowest BCUT2D eigenvalue weighted by Crippen LogP contribution is -2.82. The molecular weight excluding hydrogens is 879 g/mol. The Morgan fingerprint density at radius 1 is 0.824 bits per heavy atom. The molecule has 1 saturated heterocycles. The molecule has 0 radical (unpaired) electrons. The van der Waals surface area contributed by atoms with Crippen LogP contribution in [0.1, 0.15) is 113 Å². The van der Waals surface area contributed by atoms with E-state index in [9.17, 15) is 39.0 Å². The molecule has 11 atom stereocenters. The van der Waals surface area contributed by atoms with E-state index in [4.69, 9.17) is 28.4 Å². The van der Waals surface area contributed by atoms with E-state index in [0.29, 0.717) is 18.4 Å². The maximum Gasteiger partial charge on any atom is 0.338 e. The molecule has 4 aliphatic rings. The maximum absolute atomic E-state index is 16.0. The Bertz CT molecular complexity index is 2460. The molecule has 16 nitrogen and oxygen atoms in total. The zero-order valence-corrected chi connectivity index (χ0v) is 39.2. The number of Topliss-reactive ketones (excluding diaryl/α,β-unsaturated/α-hetero) is 1. The fourth-order valence-electron chi connectivity index (χ4n) is 10.9. The molecular formula is C52H59NO15. The third-order valence-corrected chi connectivity index (χ3v) is 14.5. The molecule has 362 valence electrons. The number of ketones is 1. The molecule has 1 heterocycles. The Hall–Kier alpha value is -6.23. The molecule has 68 heavy (non-hydrogen) atoms. The minimum atomic E-state index is -2.44. The molecule has 3 N–H and O–H groups in total. The fraction of sp³-hybridized carbons (Fsp3) is 0.481. The Kier molecular flexibility index (Phi) is 14.2. The van der Waals surface area contributed by atoms with Crippen LogP contribution in [0, 0.1) is 16.7 Å². The molecule has 3 aromatic rings. The Balaban J connectivity index is 1.42. The molecule has 3 fully saturated rings. The number of esters is 5. The summed E-state index contributed by atoms with van der Waals surface area (Å²) in [5.74, 6) is -7.56. The van der Waals surface area contributed by atoms with Gasteiger partial charge in [-0.05, 0) is 61.2 Å². The number of benzene rings is 3. The van der Waals surface area contributed by atoms with Gasteiger partial charge in [0.25, 0.3) is 5.91 Å². The first-order valence-electron chi connectivity index (χ1n) is 22.9. The third-order valence-electron chi connectivity index (χ3n) is 14.5. The molecule has 2 bridgehead atoms. The quantitative estimate of drug-likeness (QED) is 0.103. The number of rotatable bonds is 14. The van der Waals surface area contributed by atoms with Crippen molar-refractivity contribution in [3.05, 3.63) is 119 Å². The molecule has 3 aliphatic carbocycles. The van der Waals surface area contributed by atoms with Crippen molar-refractivity contribution in [2.24, 2.45) is 16.7 Å². The third kappa shape index (κ3) is 8.85. The highest BCUT2D eigenvalue weighted by atomic mass is 16.6. The summed E-state index contributed by atoms with van der Waals surface area (Å²) >= 11 is 0. The smallest absolute Gasteiger partial charge is 0.338 e. The highest BCUT2D eigenvalue weighted by Crippen LogP contribution is 2.65. The predicted molar refractivity (Wildman–Crippen MR) is 241 cm³/mol. The van der Waals surface area contributed by atoms with Crippen LogP contribution in [0.2, 0.25) is 0 Å². The lowest BCUT2D eigenvalue weighted by atomic mass is 9.44. The zero-order chi connectivity index (χ0) is 49.3. The van der Waals surface area contributed by atoms with E-state index < -0.39 is 119 Å². The number of fused-ring (bicyclic) bond motifs is 5. The van der Waals surface area contributed by atoms with Crippen LogP contribution in [0.4, 0.5) is 0 Å². The molecule has 3 aromatic carbocycles. The average molecular weight is 938 g/mol. The summed E-state index contributed by atoms with van der Waals surface area (Å²) in [5.41, 5.74) is -7.21. The number of unbranched alkanes of at least 4 members (excludes halogenated alkanes) is 1. The van der Waals surface area contributed by atoms with Gasteiger partial charge in [0.05, 0.1) is 29.5 Å². The summed E-state index contributed by atoms with van der Waals surface area (Å²) in [6.07, 6.45) is -9.35. The van der Waals surface area contributed by atoms with Gasteiger partial charge in [0, 0.05) is 44.1 Å². The first kappa shape index (κ1) is 49.7. The second kappa shape index (κ2) is 19.4. The SMILES string of the molecule is CCCCC(=O)O[C@H]1C[C@H]2OC[C@@]2(OC(C)=O)[C@H]2[C@H](OC(=O)c3ccccc3)[C@]3(O)C[C@H](OC(=O)[C@H](O)[C@@H](NC(=O)c4ccccc4)c4ccccc4)C(C)=C([C@@H](OC(C)=O)C(=O)[C@]12C)C3(C)C. The van der Waals surface area contributed by atoms with Crippen molar-refractivity contribution in [2.75, 3.05) is 6.61 Å². The molecule has 7 rings (SSSR count). The van der Waals surface area contributed by atoms with Gasteiger partial charge in [-0.3, -0.25) is 24.0 Å². The first-order chi connectivity index (χ1) is 32.2. The van der Waals surface area contributed by atoms with Crippen molar-refractivity contribution in [3.8, 4) is 0 Å². The van der Waals surface area contributed by atoms with E-state index in [1.807, 2.05) is 6.92 Å². The number of aliphatic hydroxyl groups excluding tert-OH is 1. The van der Waals surface area contributed by atoms with Crippen LogP contribution in [0.5, 0.6) is 0 Å². The number of hydrogen-bond acceptors (Lipinski definition) is 15. The van der Waals surface area contributed by atoms with Crippen molar-refractivity contribution in [3.63, 3.8) is 0 Å². The van der Waals surface area contributed by atoms with Crippen LogP contribution in [0.25, 0.3) is 0 Å². The zero-order valence-electron chi connectivity index (χ0n) is 39.2. The number of hydrogen-bond donors (Lipinski definition) is 3. The normalized spacial score (nSPS) is 30.0. The van der Waals surface area contributed by atoms with E-state index in [1.165, 1.54) is 26.0 Å². The fourth-order valence-corrected chi connectivity index (χ4v) is 10.9. The molecule has 1 amide bonds. The second-order valence-electron chi connectivity index (χ2n) is 18.9. The van der Waals surface area contributed by atoms with Crippen molar-refractivity contribution >= 4 is 41.5 Å². The molecule has 1 aliphatic heterocycles. The van der Waals surface area contributed by atoms with Gasteiger partial charge in [-0.25, -0.2) is 9.59 Å². The number of aliphatic hydroxyl groups is 2. The van der Waals surface area contributed by atoms with Gasteiger partial charge in [0.1, 0.15) is 30.0 Å². The standard InChI is InChI=1S/C52H59NO15/c1-8-9-25-38(56)66-36-26-37-51(28-63-37,68-31(4)55)43-45(67-47(60)34-23-17-12-18-24-34)52(62)27-35(29(2)39(49(52,5)6)42(64-30(3)54)44(58)50(36,43)7)65-48(61)41(57)40(32-19-13-10-14-20-32)53-46(59)33-21-15-11-16-22-33/h10-24,35-37,40-43,45,57,62H,8-9,25-28H2,1-7H3,(H,53,59)/t35-,36-,37+,40-,41+,42+,43-,45-,50+,51-,52+/m0/s1. The minimum absolute atomic E-state index is 0.0104. The molecule has 2 saturated carbocycles. The van der Waals surface area contributed by atoms with Gasteiger partial charge in [-0.15, -0.1) is 0 Å². The van der Waals surface area contributed by atoms with Gasteiger partial charge >= 0.3 is 29.8 Å². The second-order valence-corrected chi connectivity index (χ2v) is 18.9. The highest BCUT2D eigenvalue weighted by Gasteiger charge is 2.79. The van der Waals surface area contributed by atoms with Crippen LogP contribution in [-0.2, 0) is 52.4 Å². The van der Waals surface area contributed by atoms with E-state index in [-0.39, 0.29) is 41.7 Å². The molecule has 0 unspecified atom stereocenters. The molecule has 0 aromatic heterocycles. The largest absolute Gasteiger partial charge is 0.461 e. The maximum atomic E-state index is 16.0. The van der Waals surface area contributed by atoms with E-state index in [0.717, 1.165) is 13.8 Å². The summed E-state index contributed by atoms with van der Waals surface area (Å²) in [6.45, 7) is 9.93. The lowest BCUT2D eigenvalue weighted by molar-refractivity contribution is -0.346. The van der Waals surface area contributed by atoms with Crippen LogP contribution in [-0.4, -0.2) is 106 Å². The van der Waals surface area contributed by atoms with Crippen LogP contribution in [0.3, 0.4) is 0 Å². The van der Waals surface area contributed by atoms with Crippen LogP contribution in [0.15, 0.2) is 102 Å². The van der Waals surface area contributed by atoms with E-state index >= 15 is 4.79 Å². The monoisotopic (exact) mass is 937 g/mol. The first-order valence-corrected chi connectivity index (χ1v) is 22.9. The topological polar surface area (TPSA) is 227 Å². The number of amides is 1. The van der Waals surface area contributed by atoms with Gasteiger partial charge in [-0.1, -0.05) is 93.9 Å². The van der Waals surface area contributed by atoms with Crippen LogP contribution < -0.4 is 5.32 Å².